The fourth-order valence-electron chi connectivity index (χ4n) is 6.26. The highest BCUT2D eigenvalue weighted by Crippen LogP contribution is 2.27. The van der Waals surface area contributed by atoms with E-state index in [4.69, 9.17) is 0 Å². The lowest BCUT2D eigenvalue weighted by Crippen LogP contribution is -1.97. The predicted molar refractivity (Wildman–Crippen MR) is 244 cm³/mol. The van der Waals surface area contributed by atoms with Crippen LogP contribution in [0.2, 0.25) is 0 Å². The molecule has 0 bridgehead atoms. The molecule has 0 heterocycles. The lowest BCUT2D eigenvalue weighted by atomic mass is 9.91. The molecule has 0 fully saturated rings. The summed E-state index contributed by atoms with van der Waals surface area (Å²) in [5.41, 5.74) is 10.8. The molecular weight excluding hydrogens is 661 g/mol. The molecule has 0 saturated carbocycles. The first-order valence-corrected chi connectivity index (χ1v) is 19.9. The fraction of sp³-hybridized carbons (Fsp3) is 0.200. The molecule has 8 rings (SSSR count). The summed E-state index contributed by atoms with van der Waals surface area (Å²) in [5.74, 6) is 0.552. The second-order valence-electron chi connectivity index (χ2n) is 14.4. The third-order valence-electron chi connectivity index (χ3n) is 9.48. The molecule has 0 saturated heterocycles. The summed E-state index contributed by atoms with van der Waals surface area (Å²) in [6.45, 7) is 15.0. The van der Waals surface area contributed by atoms with Gasteiger partial charge in [-0.05, 0) is 95.8 Å². The van der Waals surface area contributed by atoms with Gasteiger partial charge < -0.3 is 0 Å². The Bertz CT molecular complexity index is 2180. The second-order valence-corrected chi connectivity index (χ2v) is 14.4. The molecule has 8 aromatic carbocycles. The molecule has 0 aromatic heterocycles. The third kappa shape index (κ3) is 14.2. The Hall–Kier alpha value is -5.72. The van der Waals surface area contributed by atoms with Gasteiger partial charge in [-0.3, -0.25) is 0 Å². The fourth-order valence-corrected chi connectivity index (χ4v) is 6.26. The van der Waals surface area contributed by atoms with Crippen molar-refractivity contribution in [2.45, 2.75) is 73.6 Å². The van der Waals surface area contributed by atoms with Crippen molar-refractivity contribution >= 4 is 21.5 Å². The van der Waals surface area contributed by atoms with E-state index in [0.717, 1.165) is 12.8 Å². The third-order valence-corrected chi connectivity index (χ3v) is 9.48. The van der Waals surface area contributed by atoms with Gasteiger partial charge in [-0.2, -0.15) is 0 Å². The van der Waals surface area contributed by atoms with E-state index in [-0.39, 0.29) is 0 Å². The van der Waals surface area contributed by atoms with Crippen LogP contribution >= 0.6 is 0 Å². The van der Waals surface area contributed by atoms with Crippen molar-refractivity contribution in [3.8, 4) is 11.1 Å². The van der Waals surface area contributed by atoms with Crippen LogP contribution in [0.25, 0.3) is 32.7 Å². The average molecular weight is 721 g/mol. The topological polar surface area (TPSA) is 0 Å². The number of aryl methyl sites for hydroxylation is 5. The Morgan fingerprint density at radius 1 is 0.382 bits per heavy atom. The van der Waals surface area contributed by atoms with E-state index in [1.54, 1.807) is 0 Å². The molecule has 0 radical (unpaired) electrons. The highest BCUT2D eigenvalue weighted by molar-refractivity contribution is 5.86. The SMILES string of the molecule is CCC.Cc1ccc(-c2ccc(C(C)CCc3cccc4ccccc34)cc2)cc1.Cc1cccc2ccccc12.Cc1ccccc1.Cc1ccccc1. The minimum absolute atomic E-state index is 0.552. The Morgan fingerprint density at radius 3 is 1.27 bits per heavy atom. The molecular formula is C55H60. The largest absolute Gasteiger partial charge is 0.0656 e. The first-order valence-electron chi connectivity index (χ1n) is 19.9. The molecule has 0 aliphatic rings. The summed E-state index contributed by atoms with van der Waals surface area (Å²) >= 11 is 0. The number of fused-ring (bicyclic) bond motifs is 2. The van der Waals surface area contributed by atoms with E-state index in [0.29, 0.717) is 5.92 Å². The predicted octanol–water partition coefficient (Wildman–Crippen LogP) is 16.1. The van der Waals surface area contributed by atoms with Gasteiger partial charge in [0, 0.05) is 0 Å². The smallest absolute Gasteiger partial charge is 0.0152 e. The highest BCUT2D eigenvalue weighted by Gasteiger charge is 2.08. The van der Waals surface area contributed by atoms with Crippen molar-refractivity contribution in [3.05, 3.63) is 228 Å². The van der Waals surface area contributed by atoms with E-state index < -0.39 is 0 Å². The summed E-state index contributed by atoms with van der Waals surface area (Å²) in [4.78, 5) is 0. The lowest BCUT2D eigenvalue weighted by Gasteiger charge is -2.14. The standard InChI is InChI=1S/C27H26.C11H10.2C7H8.C3H8/c1-20-10-13-23(14-11-20)24-18-16-22(17-19-24)21(2)12-15-26-8-5-7-25-6-3-4-9-27(25)26;1-9-5-4-7-10-6-2-3-8-11(9)10;2*1-7-5-3-2-4-6-7;1-3-2/h3-11,13-14,16-19,21H,12,15H2,1-2H3;2-8H,1H3;2*2-6H,1H3;3H2,1-2H3. The maximum Gasteiger partial charge on any atom is -0.0152 e. The Labute approximate surface area is 332 Å². The van der Waals surface area contributed by atoms with Gasteiger partial charge in [0.25, 0.3) is 0 Å². The molecule has 0 heteroatoms. The summed E-state index contributed by atoms with van der Waals surface area (Å²) in [6, 6.07) is 68.6. The van der Waals surface area contributed by atoms with Gasteiger partial charge in [-0.25, -0.2) is 0 Å². The molecule has 0 nitrogen and oxygen atoms in total. The highest BCUT2D eigenvalue weighted by atomic mass is 14.1. The lowest BCUT2D eigenvalue weighted by molar-refractivity contribution is 0.682. The Balaban J connectivity index is 0.000000194. The molecule has 55 heavy (non-hydrogen) atoms. The maximum absolute atomic E-state index is 2.34. The van der Waals surface area contributed by atoms with E-state index in [1.807, 2.05) is 36.4 Å². The summed E-state index contributed by atoms with van der Waals surface area (Å²) in [6.07, 6.45) is 3.53. The van der Waals surface area contributed by atoms with Crippen molar-refractivity contribution in [2.75, 3.05) is 0 Å². The molecule has 1 atom stereocenters. The first-order chi connectivity index (χ1) is 26.8. The molecule has 0 aliphatic heterocycles. The molecule has 280 valence electrons. The molecule has 0 aliphatic carbocycles. The van der Waals surface area contributed by atoms with Gasteiger partial charge in [0.2, 0.25) is 0 Å². The second kappa shape index (κ2) is 23.1. The van der Waals surface area contributed by atoms with E-state index in [2.05, 4.69) is 206 Å². The number of benzene rings is 8. The van der Waals surface area contributed by atoms with Crippen LogP contribution in [0.5, 0.6) is 0 Å². The van der Waals surface area contributed by atoms with Crippen molar-refractivity contribution in [3.63, 3.8) is 0 Å². The Kier molecular flexibility index (Phi) is 17.7. The van der Waals surface area contributed by atoms with Crippen molar-refractivity contribution < 1.29 is 0 Å². The number of hydrogen-bond donors (Lipinski definition) is 0. The van der Waals surface area contributed by atoms with Crippen LogP contribution in [0, 0.1) is 27.7 Å². The van der Waals surface area contributed by atoms with Crippen LogP contribution in [-0.2, 0) is 6.42 Å². The van der Waals surface area contributed by atoms with Crippen LogP contribution in [0.3, 0.4) is 0 Å². The average Bonchev–Trinajstić information content (AvgIpc) is 3.22. The van der Waals surface area contributed by atoms with Gasteiger partial charge in [-0.1, -0.05) is 238 Å². The van der Waals surface area contributed by atoms with Crippen LogP contribution in [-0.4, -0.2) is 0 Å². The van der Waals surface area contributed by atoms with E-state index in [1.165, 1.54) is 72.5 Å². The zero-order chi connectivity index (χ0) is 39.3. The van der Waals surface area contributed by atoms with Gasteiger partial charge >= 0.3 is 0 Å². The van der Waals surface area contributed by atoms with E-state index >= 15 is 0 Å². The number of rotatable bonds is 5. The van der Waals surface area contributed by atoms with Gasteiger partial charge in [0.05, 0.1) is 0 Å². The minimum Gasteiger partial charge on any atom is -0.0656 e. The van der Waals surface area contributed by atoms with Crippen molar-refractivity contribution in [1.29, 1.82) is 0 Å². The summed E-state index contributed by atoms with van der Waals surface area (Å²) < 4.78 is 0. The summed E-state index contributed by atoms with van der Waals surface area (Å²) in [7, 11) is 0. The zero-order valence-corrected chi connectivity index (χ0v) is 34.2. The van der Waals surface area contributed by atoms with Gasteiger partial charge in [0.1, 0.15) is 0 Å². The molecule has 0 spiro atoms. The summed E-state index contributed by atoms with van der Waals surface area (Å²) in [5, 5.41) is 5.41. The first kappa shape index (κ1) is 42.0. The molecule has 8 aromatic rings. The van der Waals surface area contributed by atoms with Gasteiger partial charge in [0.15, 0.2) is 0 Å². The normalized spacial score (nSPS) is 10.6. The van der Waals surface area contributed by atoms with Crippen LogP contribution in [0.1, 0.15) is 72.9 Å². The quantitative estimate of drug-likeness (QED) is 0.166. The van der Waals surface area contributed by atoms with Gasteiger partial charge in [-0.15, -0.1) is 0 Å². The monoisotopic (exact) mass is 720 g/mol. The number of hydrogen-bond acceptors (Lipinski definition) is 0. The van der Waals surface area contributed by atoms with E-state index in [9.17, 15) is 0 Å². The zero-order valence-electron chi connectivity index (χ0n) is 34.2. The maximum atomic E-state index is 2.34. The molecule has 0 N–H and O–H groups in total. The van der Waals surface area contributed by atoms with Crippen LogP contribution in [0.4, 0.5) is 0 Å². The van der Waals surface area contributed by atoms with Crippen molar-refractivity contribution in [2.24, 2.45) is 0 Å². The molecule has 1 unspecified atom stereocenters. The minimum atomic E-state index is 0.552. The van der Waals surface area contributed by atoms with Crippen LogP contribution in [0.15, 0.2) is 194 Å². The Morgan fingerprint density at radius 2 is 0.782 bits per heavy atom. The van der Waals surface area contributed by atoms with Crippen molar-refractivity contribution in [1.82, 2.24) is 0 Å². The van der Waals surface area contributed by atoms with Crippen LogP contribution < -0.4 is 0 Å². The molecule has 0 amide bonds.